The predicted molar refractivity (Wildman–Crippen MR) is 87.9 cm³/mol. The first-order chi connectivity index (χ1) is 11.1. The Morgan fingerprint density at radius 3 is 2.87 bits per heavy atom. The van der Waals surface area contributed by atoms with Gasteiger partial charge in [-0.1, -0.05) is 12.1 Å². The van der Waals surface area contributed by atoms with E-state index in [0.29, 0.717) is 16.0 Å². The van der Waals surface area contributed by atoms with E-state index in [1.165, 1.54) is 12.3 Å². The van der Waals surface area contributed by atoms with Gasteiger partial charge < -0.3 is 14.6 Å². The lowest BCUT2D eigenvalue weighted by Crippen LogP contribution is -2.42. The summed E-state index contributed by atoms with van der Waals surface area (Å²) < 4.78 is 11.6. The van der Waals surface area contributed by atoms with E-state index in [9.17, 15) is 9.90 Å². The zero-order chi connectivity index (χ0) is 16.2. The van der Waals surface area contributed by atoms with Crippen molar-refractivity contribution >= 4 is 28.1 Å². The number of hydrogen-bond acceptors (Lipinski definition) is 5. The van der Waals surface area contributed by atoms with Crippen molar-refractivity contribution in [1.82, 2.24) is 5.43 Å². The van der Waals surface area contributed by atoms with Crippen LogP contribution in [0.5, 0.6) is 17.2 Å². The van der Waals surface area contributed by atoms with Crippen LogP contribution in [0.2, 0.25) is 0 Å². The number of phenolic OH excluding ortho intramolecular Hbond substituents is 1. The van der Waals surface area contributed by atoms with Gasteiger partial charge in [0.05, 0.1) is 10.7 Å². The second-order valence-corrected chi connectivity index (χ2v) is 5.66. The maximum Gasteiger partial charge on any atom is 0.284 e. The van der Waals surface area contributed by atoms with Crippen LogP contribution in [0.3, 0.4) is 0 Å². The predicted octanol–water partition coefficient (Wildman–Crippen LogP) is 2.44. The Bertz CT molecular complexity index is 763. The third-order valence-corrected chi connectivity index (χ3v) is 3.80. The van der Waals surface area contributed by atoms with Gasteiger partial charge in [0.1, 0.15) is 12.4 Å². The van der Waals surface area contributed by atoms with Gasteiger partial charge in [-0.2, -0.15) is 5.10 Å². The topological polar surface area (TPSA) is 80.2 Å². The van der Waals surface area contributed by atoms with Crippen LogP contribution in [0.1, 0.15) is 5.56 Å². The minimum atomic E-state index is -0.756. The third-order valence-electron chi connectivity index (χ3n) is 3.16. The third kappa shape index (κ3) is 3.62. The molecule has 0 unspecified atom stereocenters. The summed E-state index contributed by atoms with van der Waals surface area (Å²) in [7, 11) is 0. The van der Waals surface area contributed by atoms with E-state index in [0.717, 1.165) is 5.56 Å². The Kier molecular flexibility index (Phi) is 4.47. The van der Waals surface area contributed by atoms with E-state index in [1.807, 2.05) is 12.1 Å². The van der Waals surface area contributed by atoms with Gasteiger partial charge in [0.25, 0.3) is 5.91 Å². The van der Waals surface area contributed by atoms with Crippen molar-refractivity contribution in [2.45, 2.75) is 6.10 Å². The monoisotopic (exact) mass is 376 g/mol. The van der Waals surface area contributed by atoms with E-state index in [1.54, 1.807) is 24.3 Å². The quantitative estimate of drug-likeness (QED) is 0.636. The first-order valence-corrected chi connectivity index (χ1v) is 7.63. The van der Waals surface area contributed by atoms with Crippen molar-refractivity contribution in [3.8, 4) is 17.2 Å². The summed E-state index contributed by atoms with van der Waals surface area (Å²) in [6.45, 7) is 0.128. The molecular formula is C16H13BrN2O4. The lowest BCUT2D eigenvalue weighted by atomic mass is 10.2. The molecule has 2 N–H and O–H groups in total. The number of fused-ring (bicyclic) bond motifs is 1. The minimum Gasteiger partial charge on any atom is -0.507 e. The zero-order valence-corrected chi connectivity index (χ0v) is 13.5. The number of hydrazone groups is 1. The van der Waals surface area contributed by atoms with Gasteiger partial charge in [-0.3, -0.25) is 4.79 Å². The van der Waals surface area contributed by atoms with Crippen LogP contribution in [0, 0.1) is 0 Å². The van der Waals surface area contributed by atoms with Gasteiger partial charge in [-0.15, -0.1) is 0 Å². The molecule has 0 aromatic heterocycles. The van der Waals surface area contributed by atoms with Crippen LogP contribution in [-0.4, -0.2) is 29.9 Å². The van der Waals surface area contributed by atoms with Crippen LogP contribution in [-0.2, 0) is 4.79 Å². The number of para-hydroxylation sites is 2. The number of carbonyl (C=O) groups excluding carboxylic acids is 1. The van der Waals surface area contributed by atoms with E-state index in [4.69, 9.17) is 9.47 Å². The number of benzene rings is 2. The Morgan fingerprint density at radius 2 is 2.09 bits per heavy atom. The molecule has 2 aromatic carbocycles. The fourth-order valence-corrected chi connectivity index (χ4v) is 2.39. The van der Waals surface area contributed by atoms with Crippen LogP contribution in [0.4, 0.5) is 0 Å². The summed E-state index contributed by atoms with van der Waals surface area (Å²) in [5.74, 6) is 0.894. The summed E-state index contributed by atoms with van der Waals surface area (Å²) in [5, 5.41) is 13.3. The molecule has 1 atom stereocenters. The summed E-state index contributed by atoms with van der Waals surface area (Å²) in [6, 6.07) is 12.1. The molecule has 1 aliphatic rings. The molecule has 0 saturated heterocycles. The molecule has 0 fully saturated rings. The molecule has 118 valence electrons. The number of phenols is 1. The number of amides is 1. The summed E-state index contributed by atoms with van der Waals surface area (Å²) >= 11 is 3.21. The molecule has 0 saturated carbocycles. The molecular weight excluding hydrogens is 364 g/mol. The van der Waals surface area contributed by atoms with Crippen molar-refractivity contribution in [3.05, 3.63) is 52.5 Å². The lowest BCUT2D eigenvalue weighted by Gasteiger charge is -2.24. The molecule has 3 rings (SSSR count). The number of nitrogens with zero attached hydrogens (tertiary/aromatic N) is 1. The van der Waals surface area contributed by atoms with Crippen molar-refractivity contribution < 1.29 is 19.4 Å². The van der Waals surface area contributed by atoms with Crippen LogP contribution >= 0.6 is 15.9 Å². The average Bonchev–Trinajstić information content (AvgIpc) is 2.57. The van der Waals surface area contributed by atoms with Gasteiger partial charge in [0.15, 0.2) is 11.5 Å². The second-order valence-electron chi connectivity index (χ2n) is 4.81. The maximum absolute atomic E-state index is 12.0. The van der Waals surface area contributed by atoms with E-state index < -0.39 is 12.0 Å². The summed E-state index contributed by atoms with van der Waals surface area (Å²) in [5.41, 5.74) is 3.14. The van der Waals surface area contributed by atoms with E-state index in [2.05, 4.69) is 26.5 Å². The molecule has 1 amide bonds. The summed E-state index contributed by atoms with van der Waals surface area (Å²) in [4.78, 5) is 12.0. The van der Waals surface area contributed by atoms with Gasteiger partial charge >= 0.3 is 0 Å². The SMILES string of the molecule is O=C(N/N=C/c1ccc(O)c(Br)c1)[C@@H]1COc2ccccc2O1. The molecule has 0 bridgehead atoms. The number of nitrogens with one attached hydrogen (secondary N) is 1. The molecule has 23 heavy (non-hydrogen) atoms. The smallest absolute Gasteiger partial charge is 0.284 e. The lowest BCUT2D eigenvalue weighted by molar-refractivity contribution is -0.130. The largest absolute Gasteiger partial charge is 0.507 e. The number of halogens is 1. The zero-order valence-electron chi connectivity index (χ0n) is 11.9. The van der Waals surface area contributed by atoms with Gasteiger partial charge in [-0.25, -0.2) is 5.43 Å². The standard InChI is InChI=1S/C16H13BrN2O4/c17-11-7-10(5-6-12(11)20)8-18-19-16(21)15-9-22-13-3-1-2-4-14(13)23-15/h1-8,15,20H,9H2,(H,19,21)/b18-8+/t15-/m0/s1. The van der Waals surface area contributed by atoms with E-state index in [-0.39, 0.29) is 12.4 Å². The highest BCUT2D eigenvalue weighted by Crippen LogP contribution is 2.30. The molecule has 7 heteroatoms. The van der Waals surface area contributed by atoms with Gasteiger partial charge in [-0.05, 0) is 51.8 Å². The van der Waals surface area contributed by atoms with Crippen LogP contribution < -0.4 is 14.9 Å². The van der Waals surface area contributed by atoms with Crippen molar-refractivity contribution in [3.63, 3.8) is 0 Å². The van der Waals surface area contributed by atoms with E-state index >= 15 is 0 Å². The van der Waals surface area contributed by atoms with Crippen LogP contribution in [0.15, 0.2) is 52.0 Å². The van der Waals surface area contributed by atoms with Crippen LogP contribution in [0.25, 0.3) is 0 Å². The first kappa shape index (κ1) is 15.4. The Hall–Kier alpha value is -2.54. The number of rotatable bonds is 3. The van der Waals surface area contributed by atoms with Crippen molar-refractivity contribution in [2.75, 3.05) is 6.61 Å². The number of aromatic hydroxyl groups is 1. The number of carbonyl (C=O) groups is 1. The Morgan fingerprint density at radius 1 is 1.30 bits per heavy atom. The Balaban J connectivity index is 1.59. The molecule has 6 nitrogen and oxygen atoms in total. The highest BCUT2D eigenvalue weighted by molar-refractivity contribution is 9.10. The molecule has 0 spiro atoms. The first-order valence-electron chi connectivity index (χ1n) is 6.83. The molecule has 1 aliphatic heterocycles. The fraction of sp³-hybridized carbons (Fsp3) is 0.125. The maximum atomic E-state index is 12.0. The molecule has 1 heterocycles. The van der Waals surface area contributed by atoms with Crippen molar-refractivity contribution in [1.29, 1.82) is 0 Å². The highest BCUT2D eigenvalue weighted by atomic mass is 79.9. The fourth-order valence-electron chi connectivity index (χ4n) is 1.99. The molecule has 0 aliphatic carbocycles. The summed E-state index contributed by atoms with van der Waals surface area (Å²) in [6.07, 6.45) is 0.716. The highest BCUT2D eigenvalue weighted by Gasteiger charge is 2.26. The Labute approximate surface area is 140 Å². The van der Waals surface area contributed by atoms with Gasteiger partial charge in [0, 0.05) is 0 Å². The van der Waals surface area contributed by atoms with Gasteiger partial charge in [0.2, 0.25) is 6.10 Å². The number of ether oxygens (including phenoxy) is 2. The second kappa shape index (κ2) is 6.70. The normalized spacial score (nSPS) is 16.3. The number of hydrogen-bond donors (Lipinski definition) is 2. The van der Waals surface area contributed by atoms with Crippen molar-refractivity contribution in [2.24, 2.45) is 5.10 Å². The average molecular weight is 377 g/mol. The minimum absolute atomic E-state index is 0.128. The molecule has 2 aromatic rings. The molecule has 0 radical (unpaired) electrons.